The Morgan fingerprint density at radius 3 is 2.67 bits per heavy atom. The molecule has 1 aromatic rings. The van der Waals surface area contributed by atoms with Crippen LogP contribution in [0.4, 0.5) is 0 Å². The van der Waals surface area contributed by atoms with Gasteiger partial charge in [-0.1, -0.05) is 18.2 Å². The van der Waals surface area contributed by atoms with Gasteiger partial charge in [0.15, 0.2) is 9.84 Å². The lowest BCUT2D eigenvalue weighted by Gasteiger charge is -2.38. The summed E-state index contributed by atoms with van der Waals surface area (Å²) in [6.07, 6.45) is 0.184. The van der Waals surface area contributed by atoms with Gasteiger partial charge < -0.3 is 4.74 Å². The number of hydrogen-bond acceptors (Lipinski definition) is 5. The predicted octanol–water partition coefficient (Wildman–Crippen LogP) is 1.62. The van der Waals surface area contributed by atoms with Crippen molar-refractivity contribution in [1.82, 2.24) is 5.32 Å². The van der Waals surface area contributed by atoms with Crippen LogP contribution in [-0.4, -0.2) is 32.8 Å². The molecule has 6 heteroatoms. The normalized spacial score (nSPS) is 23.6. The number of sulfone groups is 1. The van der Waals surface area contributed by atoms with Crippen LogP contribution in [-0.2, 0) is 24.9 Å². The first-order valence-electron chi connectivity index (χ1n) is 7.10. The highest BCUT2D eigenvalue weighted by Crippen LogP contribution is 2.38. The van der Waals surface area contributed by atoms with E-state index in [1.165, 1.54) is 0 Å². The van der Waals surface area contributed by atoms with Crippen LogP contribution in [0.5, 0.6) is 0 Å². The third kappa shape index (κ3) is 2.82. The first-order valence-corrected chi connectivity index (χ1v) is 8.76. The monoisotopic (exact) mass is 311 g/mol. The molecule has 0 aliphatic carbocycles. The zero-order valence-corrected chi connectivity index (χ0v) is 13.4. The Labute approximate surface area is 125 Å². The van der Waals surface area contributed by atoms with Crippen LogP contribution in [0.25, 0.3) is 0 Å². The minimum absolute atomic E-state index is 0.0169. The molecule has 0 amide bonds. The predicted molar refractivity (Wildman–Crippen MR) is 79.7 cm³/mol. The molecule has 0 fully saturated rings. The van der Waals surface area contributed by atoms with Crippen molar-refractivity contribution in [2.75, 3.05) is 12.4 Å². The number of hydrogen-bond donors (Lipinski definition) is 1. The Kier molecular flexibility index (Phi) is 4.39. The third-order valence-corrected chi connectivity index (χ3v) is 5.35. The van der Waals surface area contributed by atoms with Crippen molar-refractivity contribution < 1.29 is 17.9 Å². The second kappa shape index (κ2) is 5.77. The first kappa shape index (κ1) is 16.0. The average Bonchev–Trinajstić information content (AvgIpc) is 2.42. The highest BCUT2D eigenvalue weighted by molar-refractivity contribution is 7.91. The summed E-state index contributed by atoms with van der Waals surface area (Å²) in [4.78, 5) is 12.8. The molecule has 116 valence electrons. The third-order valence-electron chi connectivity index (χ3n) is 3.59. The van der Waals surface area contributed by atoms with E-state index in [1.54, 1.807) is 31.2 Å². The lowest BCUT2D eigenvalue weighted by atomic mass is 9.85. The molecular formula is C15H21NO4S. The number of benzene rings is 1. The Balaban J connectivity index is 2.64. The standard InChI is InChI=1S/C15H21NO4S/c1-4-20-14(17)15(16-11(2)3)9-10-21(18,19)13-8-6-5-7-12(13)15/h5-8,11,16H,4,9-10H2,1-3H3. The Bertz CT molecular complexity index is 639. The summed E-state index contributed by atoms with van der Waals surface area (Å²) in [7, 11) is -3.35. The molecule has 5 nitrogen and oxygen atoms in total. The summed E-state index contributed by atoms with van der Waals surface area (Å²) < 4.78 is 29.7. The van der Waals surface area contributed by atoms with Crippen molar-refractivity contribution in [1.29, 1.82) is 0 Å². The molecule has 21 heavy (non-hydrogen) atoms. The van der Waals surface area contributed by atoms with Gasteiger partial charge in [0.1, 0.15) is 5.54 Å². The highest BCUT2D eigenvalue weighted by atomic mass is 32.2. The van der Waals surface area contributed by atoms with E-state index in [-0.39, 0.29) is 29.7 Å². The maximum absolute atomic E-state index is 12.5. The molecule has 1 unspecified atom stereocenters. The maximum atomic E-state index is 12.5. The smallest absolute Gasteiger partial charge is 0.331 e. The van der Waals surface area contributed by atoms with E-state index in [9.17, 15) is 13.2 Å². The van der Waals surface area contributed by atoms with E-state index in [0.29, 0.717) is 5.56 Å². The van der Waals surface area contributed by atoms with Crippen LogP contribution in [0, 0.1) is 0 Å². The average molecular weight is 311 g/mol. The SMILES string of the molecule is CCOC(=O)C1(NC(C)C)CCS(=O)(=O)c2ccccc21. The highest BCUT2D eigenvalue weighted by Gasteiger charge is 2.48. The molecule has 1 aliphatic rings. The van der Waals surface area contributed by atoms with Gasteiger partial charge in [0.05, 0.1) is 17.3 Å². The summed E-state index contributed by atoms with van der Waals surface area (Å²) >= 11 is 0. The number of carbonyl (C=O) groups excluding carboxylic acids is 1. The fourth-order valence-electron chi connectivity index (χ4n) is 2.79. The molecule has 1 aromatic carbocycles. The summed E-state index contributed by atoms with van der Waals surface area (Å²) in [5.41, 5.74) is -0.602. The minimum atomic E-state index is -3.35. The molecule has 1 atom stereocenters. The molecule has 1 heterocycles. The number of carbonyl (C=O) groups is 1. The second-order valence-electron chi connectivity index (χ2n) is 5.49. The van der Waals surface area contributed by atoms with Crippen LogP contribution in [0.2, 0.25) is 0 Å². The van der Waals surface area contributed by atoms with E-state index < -0.39 is 21.3 Å². The largest absolute Gasteiger partial charge is 0.464 e. The zero-order valence-electron chi connectivity index (χ0n) is 12.5. The van der Waals surface area contributed by atoms with Crippen LogP contribution in [0.3, 0.4) is 0 Å². The molecule has 0 spiro atoms. The first-order chi connectivity index (χ1) is 9.83. The minimum Gasteiger partial charge on any atom is -0.464 e. The van der Waals surface area contributed by atoms with Crippen LogP contribution in [0.15, 0.2) is 29.2 Å². The number of rotatable bonds is 4. The summed E-state index contributed by atoms with van der Waals surface area (Å²) in [5.74, 6) is -0.483. The van der Waals surface area contributed by atoms with Crippen molar-refractivity contribution in [2.45, 2.75) is 43.7 Å². The van der Waals surface area contributed by atoms with Crippen LogP contribution >= 0.6 is 0 Å². The quantitative estimate of drug-likeness (QED) is 0.856. The fourth-order valence-corrected chi connectivity index (χ4v) is 4.45. The Morgan fingerprint density at radius 1 is 1.38 bits per heavy atom. The topological polar surface area (TPSA) is 72.5 Å². The van der Waals surface area contributed by atoms with Gasteiger partial charge in [-0.15, -0.1) is 0 Å². The van der Waals surface area contributed by atoms with E-state index in [4.69, 9.17) is 4.74 Å². The summed E-state index contributed by atoms with van der Waals surface area (Å²) in [6, 6.07) is 6.68. The van der Waals surface area contributed by atoms with Gasteiger partial charge in [-0.3, -0.25) is 5.32 Å². The molecule has 2 rings (SSSR count). The van der Waals surface area contributed by atoms with E-state index in [2.05, 4.69) is 5.32 Å². The van der Waals surface area contributed by atoms with Gasteiger partial charge in [0, 0.05) is 11.6 Å². The molecule has 0 saturated carbocycles. The van der Waals surface area contributed by atoms with Gasteiger partial charge in [-0.05, 0) is 33.3 Å². The van der Waals surface area contributed by atoms with E-state index >= 15 is 0 Å². The van der Waals surface area contributed by atoms with Crippen LogP contribution < -0.4 is 5.32 Å². The van der Waals surface area contributed by atoms with Gasteiger partial charge >= 0.3 is 5.97 Å². The molecule has 0 radical (unpaired) electrons. The fraction of sp³-hybridized carbons (Fsp3) is 0.533. The van der Waals surface area contributed by atoms with Crippen molar-refractivity contribution in [3.8, 4) is 0 Å². The Morgan fingerprint density at radius 2 is 2.05 bits per heavy atom. The summed E-state index contributed by atoms with van der Waals surface area (Å²) in [5, 5.41) is 3.23. The number of fused-ring (bicyclic) bond motifs is 1. The molecule has 1 N–H and O–H groups in total. The lowest BCUT2D eigenvalue weighted by Crippen LogP contribution is -2.56. The van der Waals surface area contributed by atoms with Crippen LogP contribution in [0.1, 0.15) is 32.8 Å². The van der Waals surface area contributed by atoms with Gasteiger partial charge in [-0.2, -0.15) is 0 Å². The van der Waals surface area contributed by atoms with E-state index in [0.717, 1.165) is 0 Å². The molecule has 0 bridgehead atoms. The number of ether oxygens (including phenoxy) is 1. The van der Waals surface area contributed by atoms with Crippen molar-refractivity contribution in [3.63, 3.8) is 0 Å². The number of esters is 1. The molecule has 0 aromatic heterocycles. The lowest BCUT2D eigenvalue weighted by molar-refractivity contribution is -0.152. The van der Waals surface area contributed by atoms with Crippen molar-refractivity contribution in [3.05, 3.63) is 29.8 Å². The Hall–Kier alpha value is -1.40. The summed E-state index contributed by atoms with van der Waals surface area (Å²) in [6.45, 7) is 5.85. The number of nitrogens with one attached hydrogen (secondary N) is 1. The molecule has 1 aliphatic heterocycles. The molecule has 0 saturated heterocycles. The van der Waals surface area contributed by atoms with Crippen molar-refractivity contribution in [2.24, 2.45) is 0 Å². The van der Waals surface area contributed by atoms with Crippen molar-refractivity contribution >= 4 is 15.8 Å². The van der Waals surface area contributed by atoms with E-state index in [1.807, 2.05) is 13.8 Å². The van der Waals surface area contributed by atoms with Gasteiger partial charge in [-0.25, -0.2) is 13.2 Å². The van der Waals surface area contributed by atoms with Gasteiger partial charge in [0.2, 0.25) is 0 Å². The maximum Gasteiger partial charge on any atom is 0.331 e. The molecular weight excluding hydrogens is 290 g/mol. The van der Waals surface area contributed by atoms with Gasteiger partial charge in [0.25, 0.3) is 0 Å². The zero-order chi connectivity index (χ0) is 15.7. The second-order valence-corrected chi connectivity index (χ2v) is 7.57.